The van der Waals surface area contributed by atoms with Crippen LogP contribution in [0.5, 0.6) is 0 Å². The van der Waals surface area contributed by atoms with Crippen molar-refractivity contribution >= 4 is 11.6 Å². The van der Waals surface area contributed by atoms with Crippen LogP contribution in [0.4, 0.5) is 5.69 Å². The molecule has 102 valence electrons. The first-order chi connectivity index (χ1) is 9.71. The summed E-state index contributed by atoms with van der Waals surface area (Å²) in [4.78, 5) is 11.8. The van der Waals surface area contributed by atoms with Crippen molar-refractivity contribution in [3.8, 4) is 12.1 Å². The largest absolute Gasteiger partial charge is 0.360 e. The zero-order valence-corrected chi connectivity index (χ0v) is 11.3. The van der Waals surface area contributed by atoms with Gasteiger partial charge in [0, 0.05) is 24.0 Å². The van der Waals surface area contributed by atoms with E-state index in [4.69, 9.17) is 10.5 Å². The van der Waals surface area contributed by atoms with Crippen molar-refractivity contribution in [2.24, 2.45) is 0 Å². The minimum atomic E-state index is -0.102. The van der Waals surface area contributed by atoms with E-state index in [1.165, 1.54) is 6.20 Å². The molecule has 5 nitrogen and oxygen atoms in total. The second-order valence-electron chi connectivity index (χ2n) is 4.11. The molecular weight excluding hydrogens is 252 g/mol. The molecule has 0 radical (unpaired) electrons. The van der Waals surface area contributed by atoms with E-state index in [1.807, 2.05) is 0 Å². The number of benzene rings is 1. The molecule has 0 spiro atoms. The molecule has 0 atom stereocenters. The van der Waals surface area contributed by atoms with Gasteiger partial charge in [-0.1, -0.05) is 13.3 Å². The summed E-state index contributed by atoms with van der Waals surface area (Å²) < 4.78 is 0. The number of amides is 1. The molecule has 0 bridgehead atoms. The maximum absolute atomic E-state index is 11.8. The smallest absolute Gasteiger partial charge is 0.251 e. The van der Waals surface area contributed by atoms with Gasteiger partial charge in [-0.05, 0) is 30.7 Å². The Balaban J connectivity index is 2.61. The third-order valence-electron chi connectivity index (χ3n) is 2.59. The van der Waals surface area contributed by atoms with Crippen molar-refractivity contribution < 1.29 is 4.79 Å². The van der Waals surface area contributed by atoms with Gasteiger partial charge in [-0.25, -0.2) is 0 Å². The Labute approximate surface area is 118 Å². The van der Waals surface area contributed by atoms with Gasteiger partial charge in [0.05, 0.1) is 0 Å². The first kappa shape index (κ1) is 15.3. The Hall–Kier alpha value is -2.79. The first-order valence-electron chi connectivity index (χ1n) is 6.36. The summed E-state index contributed by atoms with van der Waals surface area (Å²) in [6.45, 7) is 2.74. The molecule has 5 heteroatoms. The highest BCUT2D eigenvalue weighted by atomic mass is 16.1. The fourth-order valence-electron chi connectivity index (χ4n) is 1.44. The number of anilines is 1. The SMILES string of the molecule is CCCCNC(=O)c1ccc(NC=C(C#N)C#N)cc1. The van der Waals surface area contributed by atoms with E-state index >= 15 is 0 Å². The van der Waals surface area contributed by atoms with E-state index in [0.717, 1.165) is 12.8 Å². The summed E-state index contributed by atoms with van der Waals surface area (Å²) in [5.74, 6) is -0.102. The summed E-state index contributed by atoms with van der Waals surface area (Å²) in [6, 6.07) is 10.3. The number of carbonyl (C=O) groups is 1. The van der Waals surface area contributed by atoms with Gasteiger partial charge in [-0.2, -0.15) is 10.5 Å². The van der Waals surface area contributed by atoms with Crippen LogP contribution >= 0.6 is 0 Å². The molecule has 0 aliphatic heterocycles. The van der Waals surface area contributed by atoms with Crippen LogP contribution in [0.25, 0.3) is 0 Å². The summed E-state index contributed by atoms with van der Waals surface area (Å²) in [7, 11) is 0. The first-order valence-corrected chi connectivity index (χ1v) is 6.36. The zero-order chi connectivity index (χ0) is 14.8. The normalized spacial score (nSPS) is 8.95. The van der Waals surface area contributed by atoms with Crippen LogP contribution < -0.4 is 10.6 Å². The van der Waals surface area contributed by atoms with Crippen LogP contribution in [0, 0.1) is 22.7 Å². The molecule has 0 aromatic heterocycles. The van der Waals surface area contributed by atoms with E-state index in [-0.39, 0.29) is 11.5 Å². The topological polar surface area (TPSA) is 88.7 Å². The lowest BCUT2D eigenvalue weighted by Crippen LogP contribution is -2.24. The quantitative estimate of drug-likeness (QED) is 0.613. The second-order valence-corrected chi connectivity index (χ2v) is 4.11. The van der Waals surface area contributed by atoms with Crippen LogP contribution in [0.1, 0.15) is 30.1 Å². The van der Waals surface area contributed by atoms with Crippen LogP contribution in [0.2, 0.25) is 0 Å². The molecule has 1 rings (SSSR count). The molecule has 0 aliphatic carbocycles. The van der Waals surface area contributed by atoms with E-state index < -0.39 is 0 Å². The molecule has 0 fully saturated rings. The predicted molar refractivity (Wildman–Crippen MR) is 76.6 cm³/mol. The lowest BCUT2D eigenvalue weighted by Gasteiger charge is -2.05. The van der Waals surface area contributed by atoms with E-state index in [9.17, 15) is 4.79 Å². The third-order valence-corrected chi connectivity index (χ3v) is 2.59. The second kappa shape index (κ2) is 8.34. The molecule has 1 aromatic carbocycles. The van der Waals surface area contributed by atoms with Gasteiger partial charge in [0.1, 0.15) is 17.7 Å². The Morgan fingerprint density at radius 1 is 1.25 bits per heavy atom. The van der Waals surface area contributed by atoms with Crippen molar-refractivity contribution in [1.82, 2.24) is 5.32 Å². The number of nitrogens with one attached hydrogen (secondary N) is 2. The monoisotopic (exact) mass is 268 g/mol. The molecule has 0 saturated heterocycles. The number of carbonyl (C=O) groups excluding carboxylic acids is 1. The van der Waals surface area contributed by atoms with E-state index in [2.05, 4.69) is 17.6 Å². The lowest BCUT2D eigenvalue weighted by atomic mass is 10.2. The summed E-state index contributed by atoms with van der Waals surface area (Å²) in [6.07, 6.45) is 3.33. The number of nitriles is 2. The Bertz CT molecular complexity index is 545. The van der Waals surface area contributed by atoms with E-state index in [0.29, 0.717) is 17.8 Å². The minimum Gasteiger partial charge on any atom is -0.360 e. The van der Waals surface area contributed by atoms with Gasteiger partial charge in [-0.15, -0.1) is 0 Å². The van der Waals surface area contributed by atoms with Gasteiger partial charge in [0.2, 0.25) is 0 Å². The average Bonchev–Trinajstić information content (AvgIpc) is 2.49. The number of hydrogen-bond acceptors (Lipinski definition) is 4. The van der Waals surface area contributed by atoms with Gasteiger partial charge >= 0.3 is 0 Å². The molecule has 0 heterocycles. The van der Waals surface area contributed by atoms with Crippen molar-refractivity contribution in [3.63, 3.8) is 0 Å². The number of hydrogen-bond donors (Lipinski definition) is 2. The lowest BCUT2D eigenvalue weighted by molar-refractivity contribution is 0.0953. The molecule has 1 amide bonds. The zero-order valence-electron chi connectivity index (χ0n) is 11.3. The van der Waals surface area contributed by atoms with E-state index in [1.54, 1.807) is 36.4 Å². The third kappa shape index (κ3) is 4.83. The molecule has 1 aromatic rings. The number of nitrogens with zero attached hydrogens (tertiary/aromatic N) is 2. The van der Waals surface area contributed by atoms with Crippen molar-refractivity contribution in [1.29, 1.82) is 10.5 Å². The van der Waals surface area contributed by atoms with Crippen LogP contribution in [-0.2, 0) is 0 Å². The number of rotatable bonds is 6. The Morgan fingerprint density at radius 2 is 1.90 bits per heavy atom. The fraction of sp³-hybridized carbons (Fsp3) is 0.267. The van der Waals surface area contributed by atoms with Gasteiger partial charge in [-0.3, -0.25) is 4.79 Å². The summed E-state index contributed by atoms with van der Waals surface area (Å²) in [5.41, 5.74) is 1.28. The van der Waals surface area contributed by atoms with Crippen LogP contribution in [0.15, 0.2) is 36.0 Å². The van der Waals surface area contributed by atoms with Gasteiger partial charge in [0.15, 0.2) is 0 Å². The highest BCUT2D eigenvalue weighted by molar-refractivity contribution is 5.94. The number of allylic oxidation sites excluding steroid dienone is 1. The van der Waals surface area contributed by atoms with Crippen LogP contribution in [-0.4, -0.2) is 12.5 Å². The maximum Gasteiger partial charge on any atom is 0.251 e. The van der Waals surface area contributed by atoms with Crippen molar-refractivity contribution in [2.45, 2.75) is 19.8 Å². The highest BCUT2D eigenvalue weighted by Crippen LogP contribution is 2.10. The summed E-state index contributed by atoms with van der Waals surface area (Å²) in [5, 5.41) is 22.8. The molecule has 20 heavy (non-hydrogen) atoms. The molecule has 0 unspecified atom stereocenters. The minimum absolute atomic E-state index is 0.00798. The Kier molecular flexibility index (Phi) is 6.36. The standard InChI is InChI=1S/C15H16N4O/c1-2-3-8-18-15(20)13-4-6-14(7-5-13)19-11-12(9-16)10-17/h4-7,11,19H,2-3,8H2,1H3,(H,18,20). The predicted octanol–water partition coefficient (Wildman–Crippen LogP) is 2.56. The Morgan fingerprint density at radius 3 is 2.45 bits per heavy atom. The highest BCUT2D eigenvalue weighted by Gasteiger charge is 2.03. The maximum atomic E-state index is 11.8. The van der Waals surface area contributed by atoms with Gasteiger partial charge in [0.25, 0.3) is 5.91 Å². The number of unbranched alkanes of at least 4 members (excludes halogenated alkanes) is 1. The van der Waals surface area contributed by atoms with Gasteiger partial charge < -0.3 is 10.6 Å². The fourth-order valence-corrected chi connectivity index (χ4v) is 1.44. The van der Waals surface area contributed by atoms with Crippen molar-refractivity contribution in [3.05, 3.63) is 41.6 Å². The van der Waals surface area contributed by atoms with Crippen LogP contribution in [0.3, 0.4) is 0 Å². The van der Waals surface area contributed by atoms with Crippen molar-refractivity contribution in [2.75, 3.05) is 11.9 Å². The molecule has 0 saturated carbocycles. The molecule has 0 aliphatic rings. The summed E-state index contributed by atoms with van der Waals surface area (Å²) >= 11 is 0. The molecular formula is C15H16N4O. The molecule has 2 N–H and O–H groups in total. The average molecular weight is 268 g/mol.